The molecule has 1 N–H and O–H groups in total. The van der Waals surface area contributed by atoms with Crippen molar-refractivity contribution in [2.45, 2.75) is 32.6 Å². The number of nitrogens with one attached hydrogen (secondary N) is 1. The number of anilines is 2. The number of pyridine rings is 1. The molecule has 3 heterocycles. The van der Waals surface area contributed by atoms with Gasteiger partial charge in [-0.25, -0.2) is 15.0 Å². The van der Waals surface area contributed by atoms with Crippen LogP contribution in [0.1, 0.15) is 36.9 Å². The van der Waals surface area contributed by atoms with Crippen LogP contribution in [0.25, 0.3) is 0 Å². The fourth-order valence-electron chi connectivity index (χ4n) is 4.39. The number of rotatable bonds is 6. The third kappa shape index (κ3) is 4.53. The lowest BCUT2D eigenvalue weighted by atomic mass is 9.90. The molecular weight excluding hydrogens is 372 g/mol. The van der Waals surface area contributed by atoms with Crippen molar-refractivity contribution >= 4 is 23.4 Å². The molecule has 6 nitrogen and oxygen atoms in total. The standard InChI is InChI=1S/C21H25ClN6/c1-14-8-15(11-23)9-20(27-14)24-5-2-17-10-19(17)16-3-6-28(7-4-16)21-25-12-18(22)13-26-21/h8-9,12-13,16-17,19H,2-7,10H2,1H3,(H,24,27)/t17-,19?/m1/s1. The Morgan fingerprint density at radius 2 is 2.00 bits per heavy atom. The van der Waals surface area contributed by atoms with Crippen LogP contribution >= 0.6 is 11.6 Å². The lowest BCUT2D eigenvalue weighted by Gasteiger charge is -2.32. The minimum atomic E-state index is 0.581. The summed E-state index contributed by atoms with van der Waals surface area (Å²) in [6, 6.07) is 5.82. The first-order valence-corrected chi connectivity index (χ1v) is 10.4. The second-order valence-electron chi connectivity index (χ2n) is 7.90. The van der Waals surface area contributed by atoms with E-state index < -0.39 is 0 Å². The van der Waals surface area contributed by atoms with Crippen LogP contribution in [-0.2, 0) is 0 Å². The Bertz CT molecular complexity index is 854. The van der Waals surface area contributed by atoms with Crippen molar-refractivity contribution in [3.8, 4) is 6.07 Å². The van der Waals surface area contributed by atoms with Crippen LogP contribution in [0.2, 0.25) is 5.02 Å². The number of hydrogen-bond acceptors (Lipinski definition) is 6. The fourth-order valence-corrected chi connectivity index (χ4v) is 4.48. The minimum absolute atomic E-state index is 0.581. The van der Waals surface area contributed by atoms with Crippen LogP contribution in [0.5, 0.6) is 0 Å². The molecule has 28 heavy (non-hydrogen) atoms. The number of piperidine rings is 1. The normalized spacial score (nSPS) is 22.0. The Balaban J connectivity index is 1.20. The maximum absolute atomic E-state index is 9.07. The lowest BCUT2D eigenvalue weighted by molar-refractivity contribution is 0.343. The summed E-state index contributed by atoms with van der Waals surface area (Å²) in [5.74, 6) is 4.09. The number of hydrogen-bond donors (Lipinski definition) is 1. The van der Waals surface area contributed by atoms with Crippen molar-refractivity contribution in [3.63, 3.8) is 0 Å². The third-order valence-electron chi connectivity index (χ3n) is 5.92. The Hall–Kier alpha value is -2.39. The van der Waals surface area contributed by atoms with E-state index in [1.54, 1.807) is 12.4 Å². The molecule has 7 heteroatoms. The van der Waals surface area contributed by atoms with Crippen LogP contribution in [0, 0.1) is 36.0 Å². The van der Waals surface area contributed by atoms with Gasteiger partial charge in [-0.1, -0.05) is 11.6 Å². The summed E-state index contributed by atoms with van der Waals surface area (Å²) in [5.41, 5.74) is 1.54. The largest absolute Gasteiger partial charge is 0.370 e. The van der Waals surface area contributed by atoms with Crippen molar-refractivity contribution in [1.82, 2.24) is 15.0 Å². The smallest absolute Gasteiger partial charge is 0.225 e. The number of nitrogens with zero attached hydrogens (tertiary/aromatic N) is 5. The van der Waals surface area contributed by atoms with Crippen molar-refractivity contribution in [2.24, 2.45) is 17.8 Å². The van der Waals surface area contributed by atoms with Gasteiger partial charge in [-0.05, 0) is 62.5 Å². The molecule has 0 radical (unpaired) electrons. The average Bonchev–Trinajstić information content (AvgIpc) is 3.48. The topological polar surface area (TPSA) is 77.7 Å². The van der Waals surface area contributed by atoms with Gasteiger partial charge in [0.05, 0.1) is 29.0 Å². The zero-order valence-corrected chi connectivity index (χ0v) is 16.9. The SMILES string of the molecule is Cc1cc(C#N)cc(NCC[C@@H]2CC2C2CCN(c3ncc(Cl)cn3)CC2)n1. The van der Waals surface area contributed by atoms with Crippen molar-refractivity contribution in [3.05, 3.63) is 40.8 Å². The molecule has 1 saturated heterocycles. The predicted molar refractivity (Wildman–Crippen MR) is 110 cm³/mol. The number of halogens is 1. The van der Waals surface area contributed by atoms with Crippen molar-refractivity contribution in [1.29, 1.82) is 5.26 Å². The summed E-state index contributed by atoms with van der Waals surface area (Å²) in [6.45, 7) is 4.89. The molecule has 2 aromatic heterocycles. The Kier molecular flexibility index (Phi) is 5.63. The van der Waals surface area contributed by atoms with E-state index in [1.165, 1.54) is 25.7 Å². The molecule has 1 aliphatic heterocycles. The van der Waals surface area contributed by atoms with Crippen LogP contribution in [0.3, 0.4) is 0 Å². The fraction of sp³-hybridized carbons (Fsp3) is 0.524. The first-order valence-electron chi connectivity index (χ1n) is 9.97. The van der Waals surface area contributed by atoms with Crippen LogP contribution in [0.4, 0.5) is 11.8 Å². The molecular formula is C21H25ClN6. The molecule has 4 rings (SSSR count). The molecule has 1 saturated carbocycles. The van der Waals surface area contributed by atoms with Gasteiger partial charge in [-0.3, -0.25) is 0 Å². The second-order valence-corrected chi connectivity index (χ2v) is 8.33. The summed E-state index contributed by atoms with van der Waals surface area (Å²) in [6.07, 6.45) is 8.28. The first kappa shape index (κ1) is 18.9. The maximum Gasteiger partial charge on any atom is 0.225 e. The Labute approximate surface area is 171 Å². The quantitative estimate of drug-likeness (QED) is 0.793. The molecule has 0 bridgehead atoms. The molecule has 146 valence electrons. The zero-order chi connectivity index (χ0) is 19.5. The third-order valence-corrected chi connectivity index (χ3v) is 6.11. The van der Waals surface area contributed by atoms with E-state index in [0.29, 0.717) is 10.6 Å². The summed E-state index contributed by atoms with van der Waals surface area (Å²) >= 11 is 5.88. The molecule has 1 aliphatic carbocycles. The first-order chi connectivity index (χ1) is 13.6. The van der Waals surface area contributed by atoms with E-state index in [4.69, 9.17) is 16.9 Å². The molecule has 0 aromatic carbocycles. The van der Waals surface area contributed by atoms with Gasteiger partial charge in [0, 0.05) is 25.3 Å². The molecule has 2 aliphatic rings. The van der Waals surface area contributed by atoms with Gasteiger partial charge in [0.1, 0.15) is 5.82 Å². The Morgan fingerprint density at radius 3 is 2.71 bits per heavy atom. The van der Waals surface area contributed by atoms with E-state index in [1.807, 2.05) is 19.1 Å². The molecule has 0 spiro atoms. The summed E-state index contributed by atoms with van der Waals surface area (Å²) in [4.78, 5) is 15.4. The van der Waals surface area contributed by atoms with Gasteiger partial charge in [-0.15, -0.1) is 0 Å². The van der Waals surface area contributed by atoms with Gasteiger partial charge < -0.3 is 10.2 Å². The van der Waals surface area contributed by atoms with Gasteiger partial charge in [-0.2, -0.15) is 5.26 Å². The number of aromatic nitrogens is 3. The van der Waals surface area contributed by atoms with E-state index >= 15 is 0 Å². The van der Waals surface area contributed by atoms with Crippen LogP contribution in [0.15, 0.2) is 24.5 Å². The van der Waals surface area contributed by atoms with Crippen LogP contribution in [-0.4, -0.2) is 34.6 Å². The summed E-state index contributed by atoms with van der Waals surface area (Å²) < 4.78 is 0. The Morgan fingerprint density at radius 1 is 1.25 bits per heavy atom. The number of aryl methyl sites for hydroxylation is 1. The van der Waals surface area contributed by atoms with Crippen molar-refractivity contribution in [2.75, 3.05) is 29.9 Å². The molecule has 2 atom stereocenters. The highest BCUT2D eigenvalue weighted by Crippen LogP contribution is 2.49. The molecule has 0 amide bonds. The van der Waals surface area contributed by atoms with Crippen molar-refractivity contribution < 1.29 is 0 Å². The van der Waals surface area contributed by atoms with Gasteiger partial charge in [0.25, 0.3) is 0 Å². The van der Waals surface area contributed by atoms with E-state index in [9.17, 15) is 0 Å². The average molecular weight is 397 g/mol. The lowest BCUT2D eigenvalue weighted by Crippen LogP contribution is -2.35. The monoisotopic (exact) mass is 396 g/mol. The highest BCUT2D eigenvalue weighted by Gasteiger charge is 2.43. The highest BCUT2D eigenvalue weighted by atomic mass is 35.5. The van der Waals surface area contributed by atoms with Gasteiger partial charge in [0.2, 0.25) is 5.95 Å². The minimum Gasteiger partial charge on any atom is -0.370 e. The molecule has 2 aromatic rings. The summed E-state index contributed by atoms with van der Waals surface area (Å²) in [5, 5.41) is 13.0. The van der Waals surface area contributed by atoms with Gasteiger partial charge in [0.15, 0.2) is 0 Å². The maximum atomic E-state index is 9.07. The highest BCUT2D eigenvalue weighted by molar-refractivity contribution is 6.30. The second kappa shape index (κ2) is 8.32. The molecule has 1 unspecified atom stereocenters. The van der Waals surface area contributed by atoms with E-state index in [-0.39, 0.29) is 0 Å². The van der Waals surface area contributed by atoms with Gasteiger partial charge >= 0.3 is 0 Å². The van der Waals surface area contributed by atoms with E-state index in [0.717, 1.165) is 54.8 Å². The van der Waals surface area contributed by atoms with Crippen LogP contribution < -0.4 is 10.2 Å². The molecule has 2 fully saturated rings. The number of nitriles is 1. The zero-order valence-electron chi connectivity index (χ0n) is 16.1. The van der Waals surface area contributed by atoms with E-state index in [2.05, 4.69) is 31.2 Å². The predicted octanol–water partition coefficient (Wildman–Crippen LogP) is 4.06. The summed E-state index contributed by atoms with van der Waals surface area (Å²) in [7, 11) is 0.